The van der Waals surface area contributed by atoms with E-state index in [9.17, 15) is 4.79 Å². The Morgan fingerprint density at radius 3 is 2.40 bits per heavy atom. The Kier molecular flexibility index (Phi) is 3.29. The third kappa shape index (κ3) is 2.94. The van der Waals surface area contributed by atoms with E-state index in [-0.39, 0.29) is 11.4 Å². The highest BCUT2D eigenvalue weighted by atomic mass is 16.1. The Morgan fingerprint density at radius 1 is 1.20 bits per heavy atom. The third-order valence-corrected chi connectivity index (χ3v) is 3.83. The molecule has 3 N–H and O–H groups in total. The van der Waals surface area contributed by atoms with E-state index in [1.165, 1.54) is 25.7 Å². The Balaban J connectivity index is 1.76. The van der Waals surface area contributed by atoms with Gasteiger partial charge in [0.25, 0.3) is 0 Å². The molecule has 2 rings (SSSR count). The van der Waals surface area contributed by atoms with Crippen molar-refractivity contribution < 1.29 is 4.79 Å². The molecule has 15 heavy (non-hydrogen) atoms. The molecule has 0 unspecified atom stereocenters. The van der Waals surface area contributed by atoms with Crippen LogP contribution in [-0.2, 0) is 4.79 Å². The van der Waals surface area contributed by atoms with Crippen LogP contribution in [0, 0.1) is 0 Å². The lowest BCUT2D eigenvalue weighted by molar-refractivity contribution is -0.122. The third-order valence-electron chi connectivity index (χ3n) is 3.83. The van der Waals surface area contributed by atoms with Gasteiger partial charge in [-0.2, -0.15) is 0 Å². The monoisotopic (exact) mass is 210 g/mol. The summed E-state index contributed by atoms with van der Waals surface area (Å²) in [4.78, 5) is 11.8. The van der Waals surface area contributed by atoms with Gasteiger partial charge in [0.05, 0.1) is 0 Å². The van der Waals surface area contributed by atoms with E-state index in [4.69, 9.17) is 5.73 Å². The van der Waals surface area contributed by atoms with Crippen molar-refractivity contribution >= 4 is 5.91 Å². The lowest BCUT2D eigenvalue weighted by Crippen LogP contribution is -2.44. The average molecular weight is 210 g/mol. The summed E-state index contributed by atoms with van der Waals surface area (Å²) in [6, 6.07) is 0.433. The van der Waals surface area contributed by atoms with Crippen molar-refractivity contribution in [1.82, 2.24) is 5.32 Å². The topological polar surface area (TPSA) is 55.1 Å². The largest absolute Gasteiger partial charge is 0.353 e. The minimum Gasteiger partial charge on any atom is -0.353 e. The maximum absolute atomic E-state index is 11.8. The lowest BCUT2D eigenvalue weighted by Gasteiger charge is -2.23. The van der Waals surface area contributed by atoms with E-state index in [1.54, 1.807) is 0 Å². The van der Waals surface area contributed by atoms with Gasteiger partial charge in [0.2, 0.25) is 5.91 Å². The number of carbonyl (C=O) groups is 1. The first-order valence-electron chi connectivity index (χ1n) is 6.26. The maximum Gasteiger partial charge on any atom is 0.222 e. The molecule has 0 aromatic carbocycles. The van der Waals surface area contributed by atoms with Gasteiger partial charge in [-0.3, -0.25) is 4.79 Å². The molecule has 86 valence electrons. The number of amides is 1. The fraction of sp³-hybridized carbons (Fsp3) is 0.917. The summed E-state index contributed by atoms with van der Waals surface area (Å²) in [7, 11) is 0. The van der Waals surface area contributed by atoms with Gasteiger partial charge in [0.15, 0.2) is 0 Å². The highest BCUT2D eigenvalue weighted by Gasteiger charge is 2.32. The highest BCUT2D eigenvalue weighted by molar-refractivity contribution is 5.77. The van der Waals surface area contributed by atoms with Gasteiger partial charge in [0, 0.05) is 18.0 Å². The summed E-state index contributed by atoms with van der Waals surface area (Å²) in [5.41, 5.74) is 5.98. The molecule has 2 aliphatic carbocycles. The van der Waals surface area contributed by atoms with Gasteiger partial charge < -0.3 is 11.1 Å². The normalized spacial score (nSPS) is 25.7. The van der Waals surface area contributed by atoms with Gasteiger partial charge in [-0.05, 0) is 25.7 Å². The van der Waals surface area contributed by atoms with Crippen molar-refractivity contribution in [2.75, 3.05) is 0 Å². The van der Waals surface area contributed by atoms with Gasteiger partial charge in [-0.1, -0.05) is 25.7 Å². The first kappa shape index (κ1) is 10.9. The summed E-state index contributed by atoms with van der Waals surface area (Å²) in [5.74, 6) is 0.173. The fourth-order valence-electron chi connectivity index (χ4n) is 2.92. The average Bonchev–Trinajstić information content (AvgIpc) is 2.76. The van der Waals surface area contributed by atoms with Crippen LogP contribution in [0.25, 0.3) is 0 Å². The Labute approximate surface area is 91.8 Å². The molecule has 0 aliphatic heterocycles. The van der Waals surface area contributed by atoms with E-state index in [0.29, 0.717) is 12.5 Å². The Hall–Kier alpha value is -0.570. The Morgan fingerprint density at radius 2 is 1.80 bits per heavy atom. The number of carbonyl (C=O) groups excluding carboxylic acids is 1. The van der Waals surface area contributed by atoms with Crippen LogP contribution < -0.4 is 11.1 Å². The maximum atomic E-state index is 11.8. The van der Waals surface area contributed by atoms with E-state index in [2.05, 4.69) is 5.32 Å². The van der Waals surface area contributed by atoms with Gasteiger partial charge in [-0.15, -0.1) is 0 Å². The van der Waals surface area contributed by atoms with E-state index < -0.39 is 0 Å². The van der Waals surface area contributed by atoms with Crippen molar-refractivity contribution in [3.63, 3.8) is 0 Å². The van der Waals surface area contributed by atoms with Crippen LogP contribution in [0.15, 0.2) is 0 Å². The van der Waals surface area contributed by atoms with Gasteiger partial charge in [-0.25, -0.2) is 0 Å². The van der Waals surface area contributed by atoms with Crippen LogP contribution in [-0.4, -0.2) is 17.5 Å². The molecular weight excluding hydrogens is 188 g/mol. The zero-order valence-corrected chi connectivity index (χ0v) is 9.43. The van der Waals surface area contributed by atoms with Crippen LogP contribution in [0.5, 0.6) is 0 Å². The molecule has 0 aromatic rings. The predicted octanol–water partition coefficient (Wildman–Crippen LogP) is 1.71. The van der Waals surface area contributed by atoms with Crippen LogP contribution in [0.3, 0.4) is 0 Å². The summed E-state index contributed by atoms with van der Waals surface area (Å²) >= 11 is 0. The number of nitrogens with one attached hydrogen (secondary N) is 1. The minimum absolute atomic E-state index is 0.173. The van der Waals surface area contributed by atoms with E-state index in [0.717, 1.165) is 25.7 Å². The van der Waals surface area contributed by atoms with Crippen molar-refractivity contribution in [3.8, 4) is 0 Å². The number of nitrogens with two attached hydrogens (primary N) is 1. The predicted molar refractivity (Wildman–Crippen MR) is 60.4 cm³/mol. The molecule has 0 aromatic heterocycles. The summed E-state index contributed by atoms with van der Waals surface area (Å²) in [6.07, 6.45) is 9.78. The standard InChI is InChI=1S/C12H22N2O/c13-12(7-3-4-8-12)9-11(15)14-10-5-1-2-6-10/h10H,1-9,13H2,(H,14,15). The molecule has 3 nitrogen and oxygen atoms in total. The van der Waals surface area contributed by atoms with Crippen molar-refractivity contribution in [3.05, 3.63) is 0 Å². The quantitative estimate of drug-likeness (QED) is 0.745. The molecule has 0 spiro atoms. The van der Waals surface area contributed by atoms with Gasteiger partial charge in [0.1, 0.15) is 0 Å². The number of rotatable bonds is 3. The van der Waals surface area contributed by atoms with Gasteiger partial charge >= 0.3 is 0 Å². The molecule has 2 aliphatic rings. The first-order chi connectivity index (χ1) is 7.18. The molecule has 0 bridgehead atoms. The highest BCUT2D eigenvalue weighted by Crippen LogP contribution is 2.30. The van der Waals surface area contributed by atoms with Crippen molar-refractivity contribution in [2.45, 2.75) is 69.4 Å². The van der Waals surface area contributed by atoms with Crippen molar-refractivity contribution in [1.29, 1.82) is 0 Å². The molecule has 3 heteroatoms. The summed E-state index contributed by atoms with van der Waals surface area (Å²) in [5, 5.41) is 3.11. The summed E-state index contributed by atoms with van der Waals surface area (Å²) in [6.45, 7) is 0. The van der Waals surface area contributed by atoms with E-state index >= 15 is 0 Å². The second-order valence-corrected chi connectivity index (χ2v) is 5.30. The molecular formula is C12H22N2O. The number of hydrogen-bond donors (Lipinski definition) is 2. The second kappa shape index (κ2) is 4.52. The minimum atomic E-state index is -0.192. The summed E-state index contributed by atoms with van der Waals surface area (Å²) < 4.78 is 0. The van der Waals surface area contributed by atoms with Crippen LogP contribution >= 0.6 is 0 Å². The molecule has 0 saturated heterocycles. The second-order valence-electron chi connectivity index (χ2n) is 5.30. The molecule has 0 atom stereocenters. The zero-order chi connectivity index (χ0) is 10.7. The first-order valence-corrected chi connectivity index (χ1v) is 6.26. The smallest absolute Gasteiger partial charge is 0.222 e. The van der Waals surface area contributed by atoms with Crippen LogP contribution in [0.4, 0.5) is 0 Å². The molecule has 0 radical (unpaired) electrons. The fourth-order valence-corrected chi connectivity index (χ4v) is 2.92. The van der Waals surface area contributed by atoms with Crippen LogP contribution in [0.2, 0.25) is 0 Å². The van der Waals surface area contributed by atoms with E-state index in [1.807, 2.05) is 0 Å². The van der Waals surface area contributed by atoms with Crippen LogP contribution in [0.1, 0.15) is 57.8 Å². The molecule has 2 fully saturated rings. The SMILES string of the molecule is NC1(CC(=O)NC2CCCC2)CCCC1. The zero-order valence-electron chi connectivity index (χ0n) is 9.43. The number of hydrogen-bond acceptors (Lipinski definition) is 2. The molecule has 2 saturated carbocycles. The molecule has 1 amide bonds. The molecule has 0 heterocycles. The van der Waals surface area contributed by atoms with Crippen molar-refractivity contribution in [2.24, 2.45) is 5.73 Å². The lowest BCUT2D eigenvalue weighted by atomic mass is 9.94. The Bertz CT molecular complexity index is 228.